The number of sulfone groups is 1. The van der Waals surface area contributed by atoms with Gasteiger partial charge in [-0.15, -0.1) is 0 Å². The summed E-state index contributed by atoms with van der Waals surface area (Å²) in [7, 11) is -3.53. The Hall–Kier alpha value is -2.15. The van der Waals surface area contributed by atoms with Crippen molar-refractivity contribution < 1.29 is 27.5 Å². The van der Waals surface area contributed by atoms with Crippen molar-refractivity contribution in [3.05, 3.63) is 42.0 Å². The molecule has 1 aromatic carbocycles. The summed E-state index contributed by atoms with van der Waals surface area (Å²) in [5, 5.41) is 0. The lowest BCUT2D eigenvalue weighted by Gasteiger charge is -2.08. The quantitative estimate of drug-likeness (QED) is 0.358. The van der Waals surface area contributed by atoms with E-state index in [1.165, 1.54) is 12.1 Å². The van der Waals surface area contributed by atoms with Gasteiger partial charge in [0.05, 0.1) is 23.7 Å². The van der Waals surface area contributed by atoms with Crippen LogP contribution < -0.4 is 0 Å². The number of benzene rings is 1. The number of rotatable bonds is 10. The van der Waals surface area contributed by atoms with E-state index in [1.807, 2.05) is 13.8 Å². The molecule has 0 aliphatic heterocycles. The summed E-state index contributed by atoms with van der Waals surface area (Å²) < 4.78 is 34.1. The molecule has 1 rings (SSSR count). The summed E-state index contributed by atoms with van der Waals surface area (Å²) in [5.41, 5.74) is 0.890. The summed E-state index contributed by atoms with van der Waals surface area (Å²) in [6, 6.07) is 6.42. The van der Waals surface area contributed by atoms with Crippen molar-refractivity contribution in [2.45, 2.75) is 38.0 Å². The third-order valence-corrected chi connectivity index (χ3v) is 5.07. The molecule has 0 bridgehead atoms. The van der Waals surface area contributed by atoms with Gasteiger partial charge in [0.15, 0.2) is 9.84 Å². The summed E-state index contributed by atoms with van der Waals surface area (Å²) in [5.74, 6) is -1.69. The molecule has 0 amide bonds. The SMILES string of the molecule is C=C(CC(=O)OCCCC)C(=O)OCCS(=O)(=O)c1ccc(C)cc1. The second-order valence-corrected chi connectivity index (χ2v) is 7.73. The fourth-order valence-corrected chi connectivity index (χ4v) is 2.93. The predicted octanol–water partition coefficient (Wildman–Crippen LogP) is 2.60. The van der Waals surface area contributed by atoms with E-state index in [-0.39, 0.29) is 29.2 Å². The first kappa shape index (κ1) is 20.9. The lowest BCUT2D eigenvalue weighted by Crippen LogP contribution is -2.18. The van der Waals surface area contributed by atoms with Gasteiger partial charge in [0.2, 0.25) is 0 Å². The molecule has 1 aromatic rings. The Morgan fingerprint density at radius 1 is 1.08 bits per heavy atom. The molecule has 138 valence electrons. The van der Waals surface area contributed by atoms with Crippen LogP contribution in [0, 0.1) is 6.92 Å². The van der Waals surface area contributed by atoms with E-state index in [4.69, 9.17) is 9.47 Å². The molecule has 6 nitrogen and oxygen atoms in total. The van der Waals surface area contributed by atoms with Crippen molar-refractivity contribution in [1.29, 1.82) is 0 Å². The van der Waals surface area contributed by atoms with Gasteiger partial charge >= 0.3 is 11.9 Å². The van der Waals surface area contributed by atoms with Crippen LogP contribution in [0.1, 0.15) is 31.7 Å². The normalized spacial score (nSPS) is 11.0. The maximum absolute atomic E-state index is 12.1. The molecule has 0 spiro atoms. The minimum absolute atomic E-state index is 0.0609. The molecule has 0 saturated carbocycles. The predicted molar refractivity (Wildman–Crippen MR) is 93.8 cm³/mol. The highest BCUT2D eigenvalue weighted by atomic mass is 32.2. The van der Waals surface area contributed by atoms with Crippen LogP contribution in [0.5, 0.6) is 0 Å². The number of unbranched alkanes of at least 4 members (excludes halogenated alkanes) is 1. The van der Waals surface area contributed by atoms with E-state index >= 15 is 0 Å². The first-order valence-corrected chi connectivity index (χ1v) is 9.71. The molecule has 0 heterocycles. The second kappa shape index (κ2) is 9.98. The second-order valence-electron chi connectivity index (χ2n) is 5.62. The summed E-state index contributed by atoms with van der Waals surface area (Å²) in [6.07, 6.45) is 1.37. The zero-order valence-electron chi connectivity index (χ0n) is 14.6. The molecular formula is C18H24O6S. The van der Waals surface area contributed by atoms with Gasteiger partial charge in [0.1, 0.15) is 6.61 Å². The van der Waals surface area contributed by atoms with Gasteiger partial charge in [-0.2, -0.15) is 0 Å². The topological polar surface area (TPSA) is 86.7 Å². The molecule has 25 heavy (non-hydrogen) atoms. The smallest absolute Gasteiger partial charge is 0.334 e. The van der Waals surface area contributed by atoms with Gasteiger partial charge in [-0.3, -0.25) is 4.79 Å². The van der Waals surface area contributed by atoms with E-state index in [1.54, 1.807) is 12.1 Å². The van der Waals surface area contributed by atoms with Gasteiger partial charge < -0.3 is 9.47 Å². The number of carbonyl (C=O) groups excluding carboxylic acids is 2. The van der Waals surface area contributed by atoms with Gasteiger partial charge in [0.25, 0.3) is 0 Å². The van der Waals surface area contributed by atoms with E-state index in [0.717, 1.165) is 18.4 Å². The van der Waals surface area contributed by atoms with Crippen molar-refractivity contribution in [2.75, 3.05) is 19.0 Å². The maximum Gasteiger partial charge on any atom is 0.334 e. The van der Waals surface area contributed by atoms with Crippen molar-refractivity contribution in [2.24, 2.45) is 0 Å². The minimum atomic E-state index is -3.53. The van der Waals surface area contributed by atoms with Crippen molar-refractivity contribution in [3.8, 4) is 0 Å². The fraction of sp³-hybridized carbons (Fsp3) is 0.444. The number of esters is 2. The molecule has 7 heteroatoms. The number of hydrogen-bond donors (Lipinski definition) is 0. The Morgan fingerprint density at radius 3 is 2.32 bits per heavy atom. The molecule has 0 aliphatic rings. The van der Waals surface area contributed by atoms with Crippen LogP contribution in [-0.2, 0) is 28.9 Å². The average Bonchev–Trinajstić information content (AvgIpc) is 2.55. The largest absolute Gasteiger partial charge is 0.465 e. The molecule has 0 fully saturated rings. The number of aryl methyl sites for hydroxylation is 1. The van der Waals surface area contributed by atoms with E-state index in [9.17, 15) is 18.0 Å². The fourth-order valence-electron chi connectivity index (χ4n) is 1.84. The Balaban J connectivity index is 2.41. The molecule has 0 unspecified atom stereocenters. The van der Waals surface area contributed by atoms with Crippen LogP contribution in [0.4, 0.5) is 0 Å². The van der Waals surface area contributed by atoms with Crippen LogP contribution in [0.25, 0.3) is 0 Å². The summed E-state index contributed by atoms with van der Waals surface area (Å²) >= 11 is 0. The van der Waals surface area contributed by atoms with E-state index in [0.29, 0.717) is 6.61 Å². The zero-order chi connectivity index (χ0) is 18.9. The van der Waals surface area contributed by atoms with Crippen LogP contribution in [0.15, 0.2) is 41.3 Å². The van der Waals surface area contributed by atoms with Gasteiger partial charge in [-0.1, -0.05) is 37.6 Å². The number of carbonyl (C=O) groups is 2. The highest BCUT2D eigenvalue weighted by Crippen LogP contribution is 2.12. The third kappa shape index (κ3) is 7.51. The molecule has 0 radical (unpaired) electrons. The third-order valence-electron chi connectivity index (χ3n) is 3.37. The van der Waals surface area contributed by atoms with Gasteiger partial charge in [-0.25, -0.2) is 13.2 Å². The molecular weight excluding hydrogens is 344 g/mol. The molecule has 0 N–H and O–H groups in total. The van der Waals surface area contributed by atoms with Crippen LogP contribution in [0.2, 0.25) is 0 Å². The van der Waals surface area contributed by atoms with E-state index in [2.05, 4.69) is 6.58 Å². The highest BCUT2D eigenvalue weighted by Gasteiger charge is 2.18. The number of ether oxygens (including phenoxy) is 2. The highest BCUT2D eigenvalue weighted by molar-refractivity contribution is 7.91. The van der Waals surface area contributed by atoms with Crippen LogP contribution in [0.3, 0.4) is 0 Å². The molecule has 0 aliphatic carbocycles. The van der Waals surface area contributed by atoms with Gasteiger partial charge in [0, 0.05) is 5.57 Å². The Kier molecular flexibility index (Phi) is 8.34. The lowest BCUT2D eigenvalue weighted by atomic mass is 10.2. The standard InChI is InChI=1S/C18H24O6S/c1-4-5-10-23-17(19)13-15(3)18(20)24-11-12-25(21,22)16-8-6-14(2)7-9-16/h6-9H,3-5,10-13H2,1-2H3. The average molecular weight is 368 g/mol. The lowest BCUT2D eigenvalue weighted by molar-refractivity contribution is -0.146. The monoisotopic (exact) mass is 368 g/mol. The molecule has 0 atom stereocenters. The zero-order valence-corrected chi connectivity index (χ0v) is 15.4. The van der Waals surface area contributed by atoms with Crippen molar-refractivity contribution in [3.63, 3.8) is 0 Å². The van der Waals surface area contributed by atoms with Crippen molar-refractivity contribution >= 4 is 21.8 Å². The summed E-state index contributed by atoms with van der Waals surface area (Å²) in [4.78, 5) is 23.4. The first-order valence-electron chi connectivity index (χ1n) is 8.06. The Labute approximate surface area is 148 Å². The van der Waals surface area contributed by atoms with E-state index < -0.39 is 21.8 Å². The Bertz CT molecular complexity index is 704. The minimum Gasteiger partial charge on any atom is -0.465 e. The summed E-state index contributed by atoms with van der Waals surface area (Å²) in [6.45, 7) is 7.30. The molecule has 0 aromatic heterocycles. The van der Waals surface area contributed by atoms with Crippen LogP contribution >= 0.6 is 0 Å². The van der Waals surface area contributed by atoms with Gasteiger partial charge in [-0.05, 0) is 25.5 Å². The Morgan fingerprint density at radius 2 is 1.72 bits per heavy atom. The maximum atomic E-state index is 12.1. The van der Waals surface area contributed by atoms with Crippen molar-refractivity contribution in [1.82, 2.24) is 0 Å². The first-order chi connectivity index (χ1) is 11.8. The molecule has 0 saturated heterocycles. The van der Waals surface area contributed by atoms with Crippen LogP contribution in [-0.4, -0.2) is 39.3 Å². The number of hydrogen-bond acceptors (Lipinski definition) is 6.